The standard InChI is InChI=1S/C14H16BrNO2.ClH/c1-2-17-14-6-5-12(15)8-11(14)9-16-10-13-4-3-7-18-13;/h3-8,16H,2,9-10H2,1H3;1H/p-1. The van der Waals surface area contributed by atoms with Gasteiger partial charge in [-0.15, -0.1) is 0 Å². The minimum atomic E-state index is 0. The molecular formula is C14H16BrClNO2-. The summed E-state index contributed by atoms with van der Waals surface area (Å²) in [4.78, 5) is 0. The van der Waals surface area contributed by atoms with Crippen LogP contribution in [0.15, 0.2) is 45.5 Å². The Labute approximate surface area is 127 Å². The van der Waals surface area contributed by atoms with Gasteiger partial charge in [0.15, 0.2) is 0 Å². The van der Waals surface area contributed by atoms with Crippen molar-refractivity contribution in [2.24, 2.45) is 0 Å². The molecule has 0 aliphatic heterocycles. The molecule has 3 nitrogen and oxygen atoms in total. The van der Waals surface area contributed by atoms with Gasteiger partial charge in [0, 0.05) is 16.6 Å². The maximum Gasteiger partial charge on any atom is 0.123 e. The fraction of sp³-hybridized carbons (Fsp3) is 0.286. The SMILES string of the molecule is CCOc1ccc(Br)cc1CNCc1ccco1.[Cl-]. The van der Waals surface area contributed by atoms with Gasteiger partial charge >= 0.3 is 0 Å². The molecule has 1 aromatic carbocycles. The van der Waals surface area contributed by atoms with E-state index in [9.17, 15) is 0 Å². The van der Waals surface area contributed by atoms with E-state index in [4.69, 9.17) is 9.15 Å². The Morgan fingerprint density at radius 3 is 2.79 bits per heavy atom. The quantitative estimate of drug-likeness (QED) is 0.838. The lowest BCUT2D eigenvalue weighted by molar-refractivity contribution is -0.00000463. The van der Waals surface area contributed by atoms with Crippen LogP contribution in [0.4, 0.5) is 0 Å². The minimum absolute atomic E-state index is 0. The van der Waals surface area contributed by atoms with Gasteiger partial charge in [0.25, 0.3) is 0 Å². The lowest BCUT2D eigenvalue weighted by Gasteiger charge is -2.11. The van der Waals surface area contributed by atoms with Crippen LogP contribution in [0.3, 0.4) is 0 Å². The molecule has 2 rings (SSSR count). The third-order valence-electron chi connectivity index (χ3n) is 2.52. The van der Waals surface area contributed by atoms with Gasteiger partial charge in [-0.25, -0.2) is 0 Å². The second kappa shape index (κ2) is 8.25. The number of furan rings is 1. The van der Waals surface area contributed by atoms with E-state index in [0.29, 0.717) is 13.2 Å². The number of benzene rings is 1. The van der Waals surface area contributed by atoms with Gasteiger partial charge in [-0.05, 0) is 37.3 Å². The van der Waals surface area contributed by atoms with E-state index in [-0.39, 0.29) is 12.4 Å². The normalized spacial score (nSPS) is 10.0. The summed E-state index contributed by atoms with van der Waals surface area (Å²) in [5.41, 5.74) is 1.14. The van der Waals surface area contributed by atoms with Crippen molar-refractivity contribution in [2.45, 2.75) is 20.0 Å². The van der Waals surface area contributed by atoms with Crippen LogP contribution < -0.4 is 22.5 Å². The molecule has 0 bridgehead atoms. The first-order chi connectivity index (χ1) is 8.79. The van der Waals surface area contributed by atoms with Crippen molar-refractivity contribution < 1.29 is 21.6 Å². The second-order valence-corrected chi connectivity index (χ2v) is 4.78. The number of hydrogen-bond donors (Lipinski definition) is 1. The van der Waals surface area contributed by atoms with Crippen molar-refractivity contribution in [3.05, 3.63) is 52.4 Å². The van der Waals surface area contributed by atoms with Crippen LogP contribution in [0.2, 0.25) is 0 Å². The van der Waals surface area contributed by atoms with Gasteiger partial charge in [0.05, 0.1) is 19.4 Å². The summed E-state index contributed by atoms with van der Waals surface area (Å²) in [6.07, 6.45) is 1.68. The topological polar surface area (TPSA) is 34.4 Å². The molecule has 0 fully saturated rings. The average Bonchev–Trinajstić information content (AvgIpc) is 2.86. The molecule has 0 atom stereocenters. The monoisotopic (exact) mass is 344 g/mol. The summed E-state index contributed by atoms with van der Waals surface area (Å²) in [7, 11) is 0. The fourth-order valence-corrected chi connectivity index (χ4v) is 2.12. The summed E-state index contributed by atoms with van der Waals surface area (Å²) in [6.45, 7) is 4.12. The maximum atomic E-state index is 5.60. The first kappa shape index (κ1) is 16.1. The molecule has 0 amide bonds. The van der Waals surface area contributed by atoms with Crippen molar-refractivity contribution in [3.8, 4) is 5.75 Å². The Bertz CT molecular complexity index is 488. The van der Waals surface area contributed by atoms with E-state index in [0.717, 1.165) is 28.1 Å². The van der Waals surface area contributed by atoms with Crippen LogP contribution in [0.5, 0.6) is 5.75 Å². The Morgan fingerprint density at radius 1 is 1.26 bits per heavy atom. The molecular weight excluding hydrogens is 330 g/mol. The van der Waals surface area contributed by atoms with E-state index < -0.39 is 0 Å². The Hall–Kier alpha value is -0.970. The lowest BCUT2D eigenvalue weighted by Crippen LogP contribution is -3.00. The number of ether oxygens (including phenoxy) is 1. The molecule has 0 spiro atoms. The molecule has 5 heteroatoms. The number of rotatable bonds is 6. The van der Waals surface area contributed by atoms with Crippen molar-refractivity contribution in [1.82, 2.24) is 5.32 Å². The van der Waals surface area contributed by atoms with Crippen molar-refractivity contribution in [1.29, 1.82) is 0 Å². The van der Waals surface area contributed by atoms with E-state index in [1.807, 2.05) is 31.2 Å². The average molecular weight is 346 g/mol. The Kier molecular flexibility index (Phi) is 6.99. The van der Waals surface area contributed by atoms with Crippen LogP contribution in [-0.4, -0.2) is 6.61 Å². The number of halogens is 2. The largest absolute Gasteiger partial charge is 1.00 e. The highest BCUT2D eigenvalue weighted by molar-refractivity contribution is 9.10. The molecule has 1 aromatic heterocycles. The lowest BCUT2D eigenvalue weighted by atomic mass is 10.2. The zero-order chi connectivity index (χ0) is 12.8. The molecule has 2 aromatic rings. The van der Waals surface area contributed by atoms with Gasteiger partial charge in [0.1, 0.15) is 11.5 Å². The van der Waals surface area contributed by atoms with Crippen LogP contribution in [0.25, 0.3) is 0 Å². The Morgan fingerprint density at radius 2 is 2.11 bits per heavy atom. The van der Waals surface area contributed by atoms with E-state index >= 15 is 0 Å². The fourth-order valence-electron chi connectivity index (χ4n) is 1.72. The van der Waals surface area contributed by atoms with Crippen molar-refractivity contribution in [3.63, 3.8) is 0 Å². The maximum absolute atomic E-state index is 5.60. The minimum Gasteiger partial charge on any atom is -1.00 e. The van der Waals surface area contributed by atoms with Crippen molar-refractivity contribution >= 4 is 15.9 Å². The summed E-state index contributed by atoms with van der Waals surface area (Å²) in [5.74, 6) is 1.86. The summed E-state index contributed by atoms with van der Waals surface area (Å²) >= 11 is 3.48. The van der Waals surface area contributed by atoms with E-state index in [1.165, 1.54) is 0 Å². The smallest absolute Gasteiger partial charge is 0.123 e. The first-order valence-electron chi connectivity index (χ1n) is 5.94. The van der Waals surface area contributed by atoms with E-state index in [1.54, 1.807) is 6.26 Å². The molecule has 0 radical (unpaired) electrons. The second-order valence-electron chi connectivity index (χ2n) is 3.87. The van der Waals surface area contributed by atoms with Crippen LogP contribution in [0, 0.1) is 0 Å². The molecule has 0 unspecified atom stereocenters. The molecule has 0 saturated heterocycles. The van der Waals surface area contributed by atoms with Crippen LogP contribution >= 0.6 is 15.9 Å². The van der Waals surface area contributed by atoms with Gasteiger partial charge in [-0.1, -0.05) is 15.9 Å². The third-order valence-corrected chi connectivity index (χ3v) is 3.01. The molecule has 1 heterocycles. The third kappa shape index (κ3) is 4.90. The summed E-state index contributed by atoms with van der Waals surface area (Å²) in [6, 6.07) is 9.89. The predicted molar refractivity (Wildman–Crippen MR) is 74.6 cm³/mol. The Balaban J connectivity index is 0.00000180. The van der Waals surface area contributed by atoms with E-state index in [2.05, 4.69) is 27.3 Å². The molecule has 1 N–H and O–H groups in total. The molecule has 104 valence electrons. The van der Waals surface area contributed by atoms with Gasteiger partial charge < -0.3 is 26.9 Å². The van der Waals surface area contributed by atoms with Gasteiger partial charge in [-0.2, -0.15) is 0 Å². The zero-order valence-electron chi connectivity index (χ0n) is 10.7. The summed E-state index contributed by atoms with van der Waals surface area (Å²) in [5, 5.41) is 3.34. The highest BCUT2D eigenvalue weighted by atomic mass is 79.9. The molecule has 0 aliphatic carbocycles. The van der Waals surface area contributed by atoms with Gasteiger partial charge in [-0.3, -0.25) is 0 Å². The predicted octanol–water partition coefficient (Wildman–Crippen LogP) is 0.735. The molecule has 0 aliphatic rings. The summed E-state index contributed by atoms with van der Waals surface area (Å²) < 4.78 is 11.9. The highest BCUT2D eigenvalue weighted by Gasteiger charge is 2.04. The highest BCUT2D eigenvalue weighted by Crippen LogP contribution is 2.23. The number of nitrogens with one attached hydrogen (secondary N) is 1. The first-order valence-corrected chi connectivity index (χ1v) is 6.73. The van der Waals surface area contributed by atoms with Crippen LogP contribution in [0.1, 0.15) is 18.2 Å². The van der Waals surface area contributed by atoms with Gasteiger partial charge in [0.2, 0.25) is 0 Å². The molecule has 19 heavy (non-hydrogen) atoms. The van der Waals surface area contributed by atoms with Crippen molar-refractivity contribution in [2.75, 3.05) is 6.61 Å². The number of hydrogen-bond acceptors (Lipinski definition) is 3. The zero-order valence-corrected chi connectivity index (χ0v) is 13.0. The molecule has 0 saturated carbocycles. The van der Waals surface area contributed by atoms with Crippen LogP contribution in [-0.2, 0) is 13.1 Å².